The van der Waals surface area contributed by atoms with E-state index in [1.807, 2.05) is 24.3 Å². The number of rotatable bonds is 4. The fourth-order valence-corrected chi connectivity index (χ4v) is 2.07. The molecule has 2 aromatic carbocycles. The van der Waals surface area contributed by atoms with Crippen LogP contribution in [0.25, 0.3) is 11.1 Å². The number of non-ortho nitro benzene ring substituents is 1. The topological polar surface area (TPSA) is 65.3 Å². The van der Waals surface area contributed by atoms with Gasteiger partial charge in [0.15, 0.2) is 11.6 Å². The van der Waals surface area contributed by atoms with E-state index in [-0.39, 0.29) is 11.4 Å². The molecule has 1 aromatic heterocycles. The third-order valence-corrected chi connectivity index (χ3v) is 3.22. The van der Waals surface area contributed by atoms with Gasteiger partial charge in [0.05, 0.1) is 11.0 Å². The fraction of sp³-hybridized carbons (Fsp3) is 0. The van der Waals surface area contributed by atoms with Crippen molar-refractivity contribution in [3.8, 4) is 22.6 Å². The summed E-state index contributed by atoms with van der Waals surface area (Å²) < 4.78 is 19.2. The van der Waals surface area contributed by atoms with Crippen LogP contribution in [0.2, 0.25) is 0 Å². The van der Waals surface area contributed by atoms with Gasteiger partial charge in [-0.15, -0.1) is 0 Å². The van der Waals surface area contributed by atoms with Gasteiger partial charge in [0.1, 0.15) is 5.75 Å². The summed E-state index contributed by atoms with van der Waals surface area (Å²) in [4.78, 5) is 13.9. The molecule has 0 radical (unpaired) electrons. The Morgan fingerprint density at radius 2 is 1.61 bits per heavy atom. The molecule has 6 heteroatoms. The van der Waals surface area contributed by atoms with E-state index in [2.05, 4.69) is 4.98 Å². The number of benzene rings is 2. The maximum atomic E-state index is 13.8. The van der Waals surface area contributed by atoms with Crippen molar-refractivity contribution in [2.75, 3.05) is 0 Å². The molecule has 3 aromatic rings. The Morgan fingerprint density at radius 3 is 2.22 bits per heavy atom. The van der Waals surface area contributed by atoms with Gasteiger partial charge in [-0.05, 0) is 41.5 Å². The van der Waals surface area contributed by atoms with Crippen molar-refractivity contribution in [2.24, 2.45) is 0 Å². The highest BCUT2D eigenvalue weighted by Gasteiger charge is 2.12. The molecule has 0 unspecified atom stereocenters. The van der Waals surface area contributed by atoms with Crippen LogP contribution < -0.4 is 4.74 Å². The molecular formula is C17H11FN2O3. The molecule has 1 heterocycles. The average molecular weight is 310 g/mol. The number of hydrogen-bond acceptors (Lipinski definition) is 4. The molecule has 0 aliphatic rings. The van der Waals surface area contributed by atoms with Crippen molar-refractivity contribution in [1.82, 2.24) is 4.98 Å². The largest absolute Gasteiger partial charge is 0.454 e. The van der Waals surface area contributed by atoms with Crippen LogP contribution in [0.5, 0.6) is 11.5 Å². The first-order valence-electron chi connectivity index (χ1n) is 6.76. The van der Waals surface area contributed by atoms with Gasteiger partial charge in [-0.25, -0.2) is 4.39 Å². The smallest absolute Gasteiger partial charge is 0.272 e. The average Bonchev–Trinajstić information content (AvgIpc) is 2.58. The molecule has 0 atom stereocenters. The highest BCUT2D eigenvalue weighted by molar-refractivity contribution is 5.63. The van der Waals surface area contributed by atoms with E-state index >= 15 is 0 Å². The molecule has 23 heavy (non-hydrogen) atoms. The number of ether oxygens (including phenoxy) is 1. The lowest BCUT2D eigenvalue weighted by Crippen LogP contribution is -1.92. The van der Waals surface area contributed by atoms with Crippen LogP contribution in [0.15, 0.2) is 67.0 Å². The second kappa shape index (κ2) is 6.23. The fourth-order valence-electron chi connectivity index (χ4n) is 2.07. The molecule has 0 aliphatic carbocycles. The summed E-state index contributed by atoms with van der Waals surface area (Å²) in [6.45, 7) is 0. The van der Waals surface area contributed by atoms with Crippen LogP contribution in [0.4, 0.5) is 10.1 Å². The highest BCUT2D eigenvalue weighted by atomic mass is 19.1. The third-order valence-electron chi connectivity index (χ3n) is 3.22. The Morgan fingerprint density at radius 1 is 0.957 bits per heavy atom. The number of hydrogen-bond donors (Lipinski definition) is 0. The summed E-state index contributed by atoms with van der Waals surface area (Å²) in [5.74, 6) is -0.403. The van der Waals surface area contributed by atoms with E-state index < -0.39 is 10.7 Å². The monoisotopic (exact) mass is 310 g/mol. The van der Waals surface area contributed by atoms with Crippen LogP contribution >= 0.6 is 0 Å². The summed E-state index contributed by atoms with van der Waals surface area (Å²) in [7, 11) is 0. The lowest BCUT2D eigenvalue weighted by atomic mass is 10.1. The SMILES string of the molecule is O=[N+]([O-])c1ccc(Oc2ccc(-c3ccncc3)cc2)c(F)c1. The second-order valence-corrected chi connectivity index (χ2v) is 4.73. The predicted octanol–water partition coefficient (Wildman–Crippen LogP) is 4.59. The van der Waals surface area contributed by atoms with Crippen LogP contribution in [0.1, 0.15) is 0 Å². The molecule has 3 rings (SSSR count). The number of nitro groups is 1. The van der Waals surface area contributed by atoms with Crippen LogP contribution in [-0.4, -0.2) is 9.91 Å². The molecular weight excluding hydrogens is 299 g/mol. The van der Waals surface area contributed by atoms with Gasteiger partial charge in [0.2, 0.25) is 0 Å². The zero-order valence-corrected chi connectivity index (χ0v) is 11.8. The Balaban J connectivity index is 1.80. The van der Waals surface area contributed by atoms with Gasteiger partial charge < -0.3 is 4.74 Å². The van der Waals surface area contributed by atoms with Crippen LogP contribution in [0.3, 0.4) is 0 Å². The van der Waals surface area contributed by atoms with E-state index in [0.29, 0.717) is 5.75 Å². The standard InChI is InChI=1S/C17H11FN2O3/c18-16-11-14(20(21)22)3-6-17(16)23-15-4-1-12(2-5-15)13-7-9-19-10-8-13/h1-11H. The molecule has 0 saturated heterocycles. The van der Waals surface area contributed by atoms with Gasteiger partial charge in [-0.1, -0.05) is 12.1 Å². The summed E-state index contributed by atoms with van der Waals surface area (Å²) >= 11 is 0. The summed E-state index contributed by atoms with van der Waals surface area (Å²) in [6, 6.07) is 14.1. The summed E-state index contributed by atoms with van der Waals surface area (Å²) in [6.07, 6.45) is 3.40. The molecule has 0 bridgehead atoms. The molecule has 114 valence electrons. The number of pyridine rings is 1. The Bertz CT molecular complexity index is 836. The summed E-state index contributed by atoms with van der Waals surface area (Å²) in [5.41, 5.74) is 1.67. The van der Waals surface area contributed by atoms with Gasteiger partial charge in [0.25, 0.3) is 5.69 Å². The normalized spacial score (nSPS) is 10.3. The van der Waals surface area contributed by atoms with Gasteiger partial charge in [0, 0.05) is 18.5 Å². The van der Waals surface area contributed by atoms with E-state index in [1.165, 1.54) is 12.1 Å². The first-order chi connectivity index (χ1) is 11.1. The molecule has 0 N–H and O–H groups in total. The summed E-state index contributed by atoms with van der Waals surface area (Å²) in [5, 5.41) is 10.6. The third kappa shape index (κ3) is 3.32. The van der Waals surface area contributed by atoms with Gasteiger partial charge in [-0.3, -0.25) is 15.1 Å². The Hall–Kier alpha value is -3.28. The Labute approximate surface area is 131 Å². The van der Waals surface area contributed by atoms with E-state index in [1.54, 1.807) is 24.5 Å². The minimum Gasteiger partial charge on any atom is -0.454 e. The van der Waals surface area contributed by atoms with Crippen molar-refractivity contribution in [3.63, 3.8) is 0 Å². The molecule has 0 amide bonds. The first-order valence-corrected chi connectivity index (χ1v) is 6.76. The minimum atomic E-state index is -0.780. The number of aromatic nitrogens is 1. The molecule has 0 fully saturated rings. The van der Waals surface area contributed by atoms with Crippen molar-refractivity contribution in [2.45, 2.75) is 0 Å². The van der Waals surface area contributed by atoms with Crippen LogP contribution in [0, 0.1) is 15.9 Å². The quantitative estimate of drug-likeness (QED) is 0.522. The molecule has 5 nitrogen and oxygen atoms in total. The lowest BCUT2D eigenvalue weighted by molar-refractivity contribution is -0.385. The van der Waals surface area contributed by atoms with Crippen molar-refractivity contribution in [1.29, 1.82) is 0 Å². The lowest BCUT2D eigenvalue weighted by Gasteiger charge is -2.08. The van der Waals surface area contributed by atoms with Gasteiger partial charge in [-0.2, -0.15) is 0 Å². The number of nitro benzene ring substituents is 1. The van der Waals surface area contributed by atoms with Crippen molar-refractivity contribution < 1.29 is 14.1 Å². The zero-order chi connectivity index (χ0) is 16.2. The predicted molar refractivity (Wildman–Crippen MR) is 82.8 cm³/mol. The Kier molecular flexibility index (Phi) is 3.97. The van der Waals surface area contributed by atoms with E-state index in [0.717, 1.165) is 17.2 Å². The zero-order valence-electron chi connectivity index (χ0n) is 11.8. The van der Waals surface area contributed by atoms with E-state index in [9.17, 15) is 14.5 Å². The molecule has 0 spiro atoms. The number of halogens is 1. The van der Waals surface area contributed by atoms with Crippen molar-refractivity contribution >= 4 is 5.69 Å². The first kappa shape index (κ1) is 14.6. The van der Waals surface area contributed by atoms with Crippen LogP contribution in [-0.2, 0) is 0 Å². The van der Waals surface area contributed by atoms with Crippen molar-refractivity contribution in [3.05, 3.63) is 82.9 Å². The maximum Gasteiger partial charge on any atom is 0.272 e. The minimum absolute atomic E-state index is 0.0627. The highest BCUT2D eigenvalue weighted by Crippen LogP contribution is 2.29. The second-order valence-electron chi connectivity index (χ2n) is 4.73. The van der Waals surface area contributed by atoms with Gasteiger partial charge >= 0.3 is 0 Å². The van der Waals surface area contributed by atoms with E-state index in [4.69, 9.17) is 4.74 Å². The molecule has 0 aliphatic heterocycles. The molecule has 0 saturated carbocycles. The number of nitrogens with zero attached hydrogens (tertiary/aromatic N) is 2. The maximum absolute atomic E-state index is 13.8.